The number of nitriles is 1. The van der Waals surface area contributed by atoms with Crippen LogP contribution in [0.1, 0.15) is 41.7 Å². The number of ether oxygens (including phenoxy) is 1. The maximum absolute atomic E-state index is 11.2. The number of benzene rings is 1. The van der Waals surface area contributed by atoms with Gasteiger partial charge in [0.05, 0.1) is 16.7 Å². The number of carbonyl (C=O) groups excluding carboxylic acids is 1. The predicted molar refractivity (Wildman–Crippen MR) is 144 cm³/mol. The number of fused-ring (bicyclic) bond motifs is 1. The molecule has 10 heteroatoms. The summed E-state index contributed by atoms with van der Waals surface area (Å²) in [5.41, 5.74) is 5.96. The van der Waals surface area contributed by atoms with E-state index < -0.39 is 5.91 Å². The van der Waals surface area contributed by atoms with Crippen LogP contribution in [0.15, 0.2) is 30.3 Å². The number of piperidine rings is 1. The number of halogens is 1. The number of hydrogen-bond acceptors (Lipinski definition) is 8. The largest absolute Gasteiger partial charge is 0.490 e. The Kier molecular flexibility index (Phi) is 7.12. The van der Waals surface area contributed by atoms with Crippen LogP contribution in [0.2, 0.25) is 5.02 Å². The van der Waals surface area contributed by atoms with E-state index in [2.05, 4.69) is 31.0 Å². The van der Waals surface area contributed by atoms with Crippen molar-refractivity contribution >= 4 is 23.3 Å². The molecule has 0 radical (unpaired) electrons. The molecule has 1 aromatic heterocycles. The maximum atomic E-state index is 11.2. The van der Waals surface area contributed by atoms with Crippen molar-refractivity contribution in [1.29, 1.82) is 5.26 Å². The van der Waals surface area contributed by atoms with Gasteiger partial charge in [-0.25, -0.2) is 0 Å². The van der Waals surface area contributed by atoms with Crippen molar-refractivity contribution in [3.63, 3.8) is 0 Å². The molecule has 2 N–H and O–H groups in total. The van der Waals surface area contributed by atoms with E-state index in [0.717, 1.165) is 81.4 Å². The van der Waals surface area contributed by atoms with Gasteiger partial charge in [-0.05, 0) is 67.7 Å². The number of piperazine rings is 1. The Balaban J connectivity index is 0.901. The van der Waals surface area contributed by atoms with E-state index in [4.69, 9.17) is 27.3 Å². The third-order valence-corrected chi connectivity index (χ3v) is 9.31. The van der Waals surface area contributed by atoms with Gasteiger partial charge in [0.1, 0.15) is 11.8 Å². The Hall–Kier alpha value is -2.93. The highest BCUT2D eigenvalue weighted by Crippen LogP contribution is 2.52. The number of anilines is 1. The summed E-state index contributed by atoms with van der Waals surface area (Å²) in [5, 5.41) is 17.7. The quantitative estimate of drug-likeness (QED) is 0.576. The lowest BCUT2D eigenvalue weighted by molar-refractivity contribution is 0.0495. The molecule has 9 nitrogen and oxygen atoms in total. The topological polar surface area (TPSA) is 112 Å². The van der Waals surface area contributed by atoms with Gasteiger partial charge in [0.25, 0.3) is 5.91 Å². The van der Waals surface area contributed by atoms with Crippen LogP contribution in [0.3, 0.4) is 0 Å². The molecule has 2 atom stereocenters. The normalized spacial score (nSPS) is 29.5. The van der Waals surface area contributed by atoms with Gasteiger partial charge >= 0.3 is 0 Å². The van der Waals surface area contributed by atoms with Crippen molar-refractivity contribution in [1.82, 2.24) is 20.0 Å². The molecule has 0 spiro atoms. The minimum atomic E-state index is -0.541. The van der Waals surface area contributed by atoms with Crippen LogP contribution in [-0.2, 0) is 0 Å². The summed E-state index contributed by atoms with van der Waals surface area (Å²) in [5.74, 6) is 3.33. The number of primary amides is 1. The number of amides is 1. The molecular weight excluding hydrogens is 502 g/mol. The SMILES string of the molecule is N#Cc1ccc(OC2CCC(N3CCN(CC4C5CN(c6ccc(C(N)=O)nn6)CC45)CC3)CC2)cc1Cl. The van der Waals surface area contributed by atoms with Gasteiger partial charge in [-0.2, -0.15) is 5.26 Å². The molecule has 2 saturated heterocycles. The van der Waals surface area contributed by atoms with E-state index in [-0.39, 0.29) is 11.8 Å². The molecule has 2 aromatic rings. The predicted octanol–water partition coefficient (Wildman–Crippen LogP) is 2.79. The highest BCUT2D eigenvalue weighted by Gasteiger charge is 2.56. The van der Waals surface area contributed by atoms with Gasteiger partial charge in [0.2, 0.25) is 0 Å². The summed E-state index contributed by atoms with van der Waals surface area (Å²) in [6.07, 6.45) is 4.67. The summed E-state index contributed by atoms with van der Waals surface area (Å²) < 4.78 is 6.18. The van der Waals surface area contributed by atoms with Crippen LogP contribution in [0.5, 0.6) is 5.75 Å². The van der Waals surface area contributed by atoms with Gasteiger partial charge < -0.3 is 20.3 Å². The monoisotopic (exact) mass is 535 g/mol. The number of nitrogens with two attached hydrogens (primary N) is 1. The highest BCUT2D eigenvalue weighted by molar-refractivity contribution is 6.31. The average Bonchev–Trinajstić information content (AvgIpc) is 3.36. The smallest absolute Gasteiger partial charge is 0.269 e. The van der Waals surface area contributed by atoms with Crippen molar-refractivity contribution in [3.05, 3.63) is 46.6 Å². The fourth-order valence-electron chi connectivity index (χ4n) is 6.72. The fourth-order valence-corrected chi connectivity index (χ4v) is 6.94. The summed E-state index contributed by atoms with van der Waals surface area (Å²) >= 11 is 6.16. The van der Waals surface area contributed by atoms with E-state index >= 15 is 0 Å². The van der Waals surface area contributed by atoms with Gasteiger partial charge in [0, 0.05) is 57.9 Å². The molecule has 1 amide bonds. The second-order valence-corrected chi connectivity index (χ2v) is 11.6. The molecule has 3 heterocycles. The molecule has 200 valence electrons. The molecular formula is C28H34ClN7O2. The molecule has 2 unspecified atom stereocenters. The Morgan fingerprint density at radius 2 is 1.79 bits per heavy atom. The number of nitrogens with zero attached hydrogens (tertiary/aromatic N) is 6. The van der Waals surface area contributed by atoms with Gasteiger partial charge in [-0.1, -0.05) is 11.6 Å². The highest BCUT2D eigenvalue weighted by atomic mass is 35.5. The zero-order chi connectivity index (χ0) is 26.2. The Bertz CT molecular complexity index is 1190. The van der Waals surface area contributed by atoms with Crippen LogP contribution < -0.4 is 15.4 Å². The van der Waals surface area contributed by atoms with Gasteiger partial charge in [0.15, 0.2) is 11.5 Å². The van der Waals surface area contributed by atoms with E-state index in [1.165, 1.54) is 19.4 Å². The molecule has 1 aromatic carbocycles. The maximum Gasteiger partial charge on any atom is 0.269 e. The van der Waals surface area contributed by atoms with Crippen molar-refractivity contribution in [2.24, 2.45) is 23.5 Å². The minimum Gasteiger partial charge on any atom is -0.490 e. The Morgan fingerprint density at radius 1 is 1.05 bits per heavy atom. The molecule has 0 bridgehead atoms. The standard InChI is InChI=1S/C28H34ClN7O2/c29-25-13-21(4-1-18(25)14-30)38-20-5-2-19(3-6-20)35-11-9-34(10-12-35)15-22-23-16-36(17-24(22)23)27-8-7-26(28(31)37)32-33-27/h1,4,7-8,13,19-20,22-24H,2-3,5-6,9-12,15-17H2,(H2,31,37). The molecule has 2 saturated carbocycles. The summed E-state index contributed by atoms with van der Waals surface area (Å²) in [6, 6.07) is 11.6. The van der Waals surface area contributed by atoms with Crippen molar-refractivity contribution in [2.45, 2.75) is 37.8 Å². The number of rotatable bonds is 7. The molecule has 2 aliphatic heterocycles. The first-order valence-corrected chi connectivity index (χ1v) is 14.1. The number of carbonyl (C=O) groups is 1. The van der Waals surface area contributed by atoms with Crippen LogP contribution in [-0.4, -0.2) is 83.9 Å². The molecule has 4 aliphatic rings. The summed E-state index contributed by atoms with van der Waals surface area (Å²) in [7, 11) is 0. The number of hydrogen-bond donors (Lipinski definition) is 1. The van der Waals surface area contributed by atoms with Crippen molar-refractivity contribution < 1.29 is 9.53 Å². The summed E-state index contributed by atoms with van der Waals surface area (Å²) in [6.45, 7) is 7.87. The van der Waals surface area contributed by atoms with Crippen LogP contribution in [0.25, 0.3) is 0 Å². The third-order valence-electron chi connectivity index (χ3n) is 9.00. The lowest BCUT2D eigenvalue weighted by atomic mass is 9.91. The molecule has 4 fully saturated rings. The van der Waals surface area contributed by atoms with Crippen LogP contribution >= 0.6 is 11.6 Å². The van der Waals surface area contributed by atoms with E-state index in [9.17, 15) is 4.79 Å². The van der Waals surface area contributed by atoms with E-state index in [1.54, 1.807) is 18.2 Å². The summed E-state index contributed by atoms with van der Waals surface area (Å²) in [4.78, 5) is 18.9. The second-order valence-electron chi connectivity index (χ2n) is 11.2. The number of aromatic nitrogens is 2. The molecule has 6 rings (SSSR count). The minimum absolute atomic E-state index is 0.213. The van der Waals surface area contributed by atoms with Crippen LogP contribution in [0, 0.1) is 29.1 Å². The molecule has 38 heavy (non-hydrogen) atoms. The van der Waals surface area contributed by atoms with E-state index in [0.29, 0.717) is 16.6 Å². The second kappa shape index (κ2) is 10.7. The van der Waals surface area contributed by atoms with Gasteiger partial charge in [-0.3, -0.25) is 9.69 Å². The van der Waals surface area contributed by atoms with Gasteiger partial charge in [-0.15, -0.1) is 10.2 Å². The Labute approximate surface area is 228 Å². The zero-order valence-electron chi connectivity index (χ0n) is 21.5. The zero-order valence-corrected chi connectivity index (χ0v) is 22.3. The lowest BCUT2D eigenvalue weighted by Gasteiger charge is -2.42. The first-order valence-electron chi connectivity index (χ1n) is 13.7. The van der Waals surface area contributed by atoms with Crippen molar-refractivity contribution in [2.75, 3.05) is 50.7 Å². The van der Waals surface area contributed by atoms with Crippen LogP contribution in [0.4, 0.5) is 5.82 Å². The lowest BCUT2D eigenvalue weighted by Crippen LogP contribution is -2.52. The van der Waals surface area contributed by atoms with E-state index in [1.807, 2.05) is 12.1 Å². The first-order chi connectivity index (χ1) is 18.5. The fraction of sp³-hybridized carbons (Fsp3) is 0.571. The first kappa shape index (κ1) is 25.4. The third kappa shape index (κ3) is 5.31. The Morgan fingerprint density at radius 3 is 2.39 bits per heavy atom. The molecule has 2 aliphatic carbocycles. The van der Waals surface area contributed by atoms with Crippen molar-refractivity contribution in [3.8, 4) is 11.8 Å². The average molecular weight is 536 g/mol.